The third kappa shape index (κ3) is 3.23. The molecule has 0 bridgehead atoms. The Bertz CT molecular complexity index is 835. The molecule has 144 valence electrons. The Kier molecular flexibility index (Phi) is 4.68. The number of amides is 1. The third-order valence-corrected chi connectivity index (χ3v) is 5.79. The number of carbonyl (C=O) groups is 1. The fourth-order valence-electron chi connectivity index (χ4n) is 4.18. The van der Waals surface area contributed by atoms with E-state index < -0.39 is 0 Å². The van der Waals surface area contributed by atoms with Crippen molar-refractivity contribution < 1.29 is 14.3 Å². The van der Waals surface area contributed by atoms with E-state index in [2.05, 4.69) is 31.1 Å². The van der Waals surface area contributed by atoms with Gasteiger partial charge in [0.25, 0.3) is 5.91 Å². The fraction of sp³-hybridized carbons (Fsp3) is 0.524. The first-order chi connectivity index (χ1) is 13.0. The maximum Gasteiger partial charge on any atom is 0.257 e. The summed E-state index contributed by atoms with van der Waals surface area (Å²) in [6, 6.07) is 6.52. The predicted molar refractivity (Wildman–Crippen MR) is 102 cm³/mol. The molecule has 1 aromatic carbocycles. The number of ether oxygens (including phenoxy) is 2. The van der Waals surface area contributed by atoms with Crippen LogP contribution in [0, 0.1) is 0 Å². The zero-order valence-electron chi connectivity index (χ0n) is 16.3. The molecule has 0 radical (unpaired) electrons. The van der Waals surface area contributed by atoms with Crippen molar-refractivity contribution in [2.24, 2.45) is 0 Å². The lowest BCUT2D eigenvalue weighted by Crippen LogP contribution is -2.48. The molecule has 4 rings (SSSR count). The summed E-state index contributed by atoms with van der Waals surface area (Å²) < 4.78 is 13.5. The van der Waals surface area contributed by atoms with Crippen LogP contribution in [-0.4, -0.2) is 47.4 Å². The van der Waals surface area contributed by atoms with E-state index in [0.29, 0.717) is 18.7 Å². The minimum Gasteiger partial charge on any atom is -0.497 e. The Morgan fingerprint density at radius 1 is 1.30 bits per heavy atom. The molecule has 6 heteroatoms. The largest absolute Gasteiger partial charge is 0.497 e. The van der Waals surface area contributed by atoms with Gasteiger partial charge < -0.3 is 14.4 Å². The molecule has 1 amide bonds. The number of carbonyl (C=O) groups excluding carboxylic acids is 1. The number of piperidine rings is 1. The van der Waals surface area contributed by atoms with Gasteiger partial charge in [-0.1, -0.05) is 6.07 Å². The number of hydrogen-bond donors (Lipinski definition) is 0. The minimum atomic E-state index is -0.279. The molecule has 2 aliphatic rings. The van der Waals surface area contributed by atoms with Crippen molar-refractivity contribution in [2.45, 2.75) is 44.8 Å². The summed E-state index contributed by atoms with van der Waals surface area (Å²) in [7, 11) is 1.70. The summed E-state index contributed by atoms with van der Waals surface area (Å²) in [5, 5.41) is 4.29. The average Bonchev–Trinajstić information content (AvgIpc) is 3.18. The first-order valence-electron chi connectivity index (χ1n) is 9.67. The number of benzene rings is 1. The van der Waals surface area contributed by atoms with Crippen LogP contribution < -0.4 is 4.74 Å². The number of likely N-dealkylation sites (tertiary alicyclic amines) is 1. The van der Waals surface area contributed by atoms with E-state index in [1.807, 2.05) is 21.8 Å². The lowest BCUT2D eigenvalue weighted by molar-refractivity contribution is -0.0935. The quantitative estimate of drug-likeness (QED) is 0.834. The SMILES string of the molecule is COc1ccc2c(c1)CCOC21CCN(C(=O)c2cnn(C(C)C)c2)CC1. The molecule has 3 heterocycles. The molecule has 27 heavy (non-hydrogen) atoms. The van der Waals surface area contributed by atoms with Crippen molar-refractivity contribution in [3.05, 3.63) is 47.3 Å². The summed E-state index contributed by atoms with van der Waals surface area (Å²) in [5.74, 6) is 0.947. The van der Waals surface area contributed by atoms with Gasteiger partial charge in [0.05, 0.1) is 31.1 Å². The van der Waals surface area contributed by atoms with Crippen LogP contribution >= 0.6 is 0 Å². The Hall–Kier alpha value is -2.34. The summed E-state index contributed by atoms with van der Waals surface area (Å²) in [5.41, 5.74) is 2.95. The summed E-state index contributed by atoms with van der Waals surface area (Å²) in [6.45, 7) is 6.21. The second kappa shape index (κ2) is 7.00. The standard InChI is InChI=1S/C21H27N3O3/c1-15(2)24-14-17(13-22-24)20(25)23-9-7-21(8-10-23)19-5-4-18(26-3)12-16(19)6-11-27-21/h4-5,12-15H,6-11H2,1-3H3. The first-order valence-corrected chi connectivity index (χ1v) is 9.67. The Morgan fingerprint density at radius 3 is 2.74 bits per heavy atom. The number of methoxy groups -OCH3 is 1. The van der Waals surface area contributed by atoms with Crippen LogP contribution in [0.5, 0.6) is 5.75 Å². The van der Waals surface area contributed by atoms with E-state index in [9.17, 15) is 4.79 Å². The van der Waals surface area contributed by atoms with Gasteiger partial charge in [-0.05, 0) is 56.4 Å². The smallest absolute Gasteiger partial charge is 0.257 e. The molecule has 0 unspecified atom stereocenters. The van der Waals surface area contributed by atoms with Crippen molar-refractivity contribution in [2.75, 3.05) is 26.8 Å². The number of aromatic nitrogens is 2. The van der Waals surface area contributed by atoms with E-state index >= 15 is 0 Å². The summed E-state index contributed by atoms with van der Waals surface area (Å²) in [6.07, 6.45) is 6.06. The molecule has 0 N–H and O–H groups in total. The Balaban J connectivity index is 1.50. The van der Waals surface area contributed by atoms with Crippen LogP contribution in [0.25, 0.3) is 0 Å². The number of fused-ring (bicyclic) bond motifs is 2. The normalized spacial score (nSPS) is 18.6. The van der Waals surface area contributed by atoms with Crippen molar-refractivity contribution in [1.82, 2.24) is 14.7 Å². The summed E-state index contributed by atoms with van der Waals surface area (Å²) >= 11 is 0. The lowest BCUT2D eigenvalue weighted by atomic mass is 9.79. The van der Waals surface area contributed by atoms with Gasteiger partial charge in [-0.25, -0.2) is 0 Å². The van der Waals surface area contributed by atoms with E-state index in [1.54, 1.807) is 13.3 Å². The highest BCUT2D eigenvalue weighted by Gasteiger charge is 2.42. The molecule has 1 spiro atoms. The zero-order valence-corrected chi connectivity index (χ0v) is 16.3. The van der Waals surface area contributed by atoms with E-state index in [-0.39, 0.29) is 17.6 Å². The van der Waals surface area contributed by atoms with Gasteiger partial charge >= 0.3 is 0 Å². The second-order valence-corrected chi connectivity index (χ2v) is 7.71. The van der Waals surface area contributed by atoms with Crippen LogP contribution in [0.15, 0.2) is 30.6 Å². The molecule has 2 aliphatic heterocycles. The highest BCUT2D eigenvalue weighted by molar-refractivity contribution is 5.93. The van der Waals surface area contributed by atoms with Gasteiger partial charge in [0.15, 0.2) is 0 Å². The van der Waals surface area contributed by atoms with Crippen LogP contribution in [0.2, 0.25) is 0 Å². The number of nitrogens with zero attached hydrogens (tertiary/aromatic N) is 3. The van der Waals surface area contributed by atoms with Gasteiger partial charge in [0.2, 0.25) is 0 Å². The van der Waals surface area contributed by atoms with E-state index in [1.165, 1.54) is 11.1 Å². The van der Waals surface area contributed by atoms with Crippen molar-refractivity contribution in [3.63, 3.8) is 0 Å². The highest BCUT2D eigenvalue weighted by atomic mass is 16.5. The van der Waals surface area contributed by atoms with Crippen LogP contribution in [0.4, 0.5) is 0 Å². The first kappa shape index (κ1) is 18.0. The molecular formula is C21H27N3O3. The molecule has 0 saturated carbocycles. The second-order valence-electron chi connectivity index (χ2n) is 7.71. The predicted octanol–water partition coefficient (Wildman–Crippen LogP) is 3.18. The van der Waals surface area contributed by atoms with Gasteiger partial charge in [0.1, 0.15) is 5.75 Å². The molecule has 0 aliphatic carbocycles. The fourth-order valence-corrected chi connectivity index (χ4v) is 4.18. The average molecular weight is 369 g/mol. The molecule has 6 nitrogen and oxygen atoms in total. The van der Waals surface area contributed by atoms with Gasteiger partial charge in [-0.3, -0.25) is 9.48 Å². The topological polar surface area (TPSA) is 56.6 Å². The zero-order chi connectivity index (χ0) is 19.0. The Labute approximate surface area is 160 Å². The van der Waals surface area contributed by atoms with Crippen molar-refractivity contribution >= 4 is 5.91 Å². The number of rotatable bonds is 3. The van der Waals surface area contributed by atoms with E-state index in [0.717, 1.165) is 31.6 Å². The monoisotopic (exact) mass is 369 g/mol. The lowest BCUT2D eigenvalue weighted by Gasteiger charge is -2.45. The molecule has 0 atom stereocenters. The van der Waals surface area contributed by atoms with Crippen LogP contribution in [-0.2, 0) is 16.8 Å². The van der Waals surface area contributed by atoms with Gasteiger partial charge in [-0.15, -0.1) is 0 Å². The van der Waals surface area contributed by atoms with E-state index in [4.69, 9.17) is 9.47 Å². The third-order valence-electron chi connectivity index (χ3n) is 5.79. The molecule has 2 aromatic rings. The molecule has 1 saturated heterocycles. The van der Waals surface area contributed by atoms with Crippen LogP contribution in [0.1, 0.15) is 54.2 Å². The van der Waals surface area contributed by atoms with Crippen LogP contribution in [0.3, 0.4) is 0 Å². The maximum atomic E-state index is 12.9. The summed E-state index contributed by atoms with van der Waals surface area (Å²) in [4.78, 5) is 14.8. The minimum absolute atomic E-state index is 0.0579. The molecule has 1 fully saturated rings. The molecular weight excluding hydrogens is 342 g/mol. The van der Waals surface area contributed by atoms with Crippen molar-refractivity contribution in [1.29, 1.82) is 0 Å². The highest BCUT2D eigenvalue weighted by Crippen LogP contribution is 2.42. The van der Waals surface area contributed by atoms with Gasteiger partial charge in [0, 0.05) is 25.3 Å². The van der Waals surface area contributed by atoms with Gasteiger partial charge in [-0.2, -0.15) is 5.10 Å². The van der Waals surface area contributed by atoms with Crippen molar-refractivity contribution in [3.8, 4) is 5.75 Å². The Morgan fingerprint density at radius 2 is 2.07 bits per heavy atom. The number of hydrogen-bond acceptors (Lipinski definition) is 4. The maximum absolute atomic E-state index is 12.9. The molecule has 1 aromatic heterocycles.